The molecule has 0 spiro atoms. The Hall–Kier alpha value is -3.06. The third-order valence-corrected chi connectivity index (χ3v) is 5.82. The summed E-state index contributed by atoms with van der Waals surface area (Å²) in [5.41, 5.74) is 1.83. The Labute approximate surface area is 174 Å². The van der Waals surface area contributed by atoms with E-state index < -0.39 is 5.66 Å². The van der Waals surface area contributed by atoms with Crippen LogP contribution in [0, 0.1) is 5.82 Å². The highest BCUT2D eigenvalue weighted by Crippen LogP contribution is 2.33. The molecule has 7 heteroatoms. The number of benzene rings is 2. The standard InChI is InChI=1S/C23H24FN3O3/c1-27(23(11-2-3-12-23)25-13-4-14-28)22(29)17-7-5-16(6-8-17)21-26-19-10-9-18(24)15-20(19)30-21/h5-10,14-15,25H,2-4,11-13H2,1H3. The minimum absolute atomic E-state index is 0.0818. The van der Waals surface area contributed by atoms with Crippen molar-refractivity contribution < 1.29 is 18.4 Å². The van der Waals surface area contributed by atoms with Crippen molar-refractivity contribution in [1.29, 1.82) is 0 Å². The second-order valence-electron chi connectivity index (χ2n) is 7.69. The van der Waals surface area contributed by atoms with Gasteiger partial charge in [-0.3, -0.25) is 10.1 Å². The van der Waals surface area contributed by atoms with Gasteiger partial charge in [0.05, 0.1) is 5.66 Å². The maximum atomic E-state index is 13.4. The Bertz CT molecular complexity index is 1060. The third kappa shape index (κ3) is 3.85. The molecule has 1 aliphatic carbocycles. The molecule has 1 heterocycles. The van der Waals surface area contributed by atoms with Crippen LogP contribution in [0.4, 0.5) is 4.39 Å². The van der Waals surface area contributed by atoms with Crippen LogP contribution in [0.3, 0.4) is 0 Å². The second-order valence-corrected chi connectivity index (χ2v) is 7.69. The van der Waals surface area contributed by atoms with Crippen molar-refractivity contribution in [3.05, 3.63) is 53.8 Å². The summed E-state index contributed by atoms with van der Waals surface area (Å²) in [5.74, 6) is -0.0794. The first kappa shape index (κ1) is 20.2. The van der Waals surface area contributed by atoms with E-state index in [0.717, 1.165) is 32.0 Å². The number of carbonyl (C=O) groups excluding carboxylic acids is 2. The van der Waals surface area contributed by atoms with Crippen molar-refractivity contribution >= 4 is 23.3 Å². The Balaban J connectivity index is 1.53. The molecule has 1 saturated carbocycles. The van der Waals surface area contributed by atoms with Gasteiger partial charge in [-0.05, 0) is 62.1 Å². The molecule has 0 atom stereocenters. The molecule has 1 fully saturated rings. The Morgan fingerprint density at radius 3 is 2.67 bits per heavy atom. The van der Waals surface area contributed by atoms with E-state index in [1.54, 1.807) is 35.2 Å². The van der Waals surface area contributed by atoms with Gasteiger partial charge in [0, 0.05) is 37.2 Å². The third-order valence-electron chi connectivity index (χ3n) is 5.82. The van der Waals surface area contributed by atoms with E-state index in [9.17, 15) is 14.0 Å². The van der Waals surface area contributed by atoms with Gasteiger partial charge in [-0.2, -0.15) is 0 Å². The SMILES string of the molecule is CN(C(=O)c1ccc(-c2nc3ccc(F)cc3o2)cc1)C1(NCCC=O)CCCC1. The molecule has 30 heavy (non-hydrogen) atoms. The first-order valence-corrected chi connectivity index (χ1v) is 10.2. The molecule has 0 aliphatic heterocycles. The minimum Gasteiger partial charge on any atom is -0.436 e. The quantitative estimate of drug-likeness (QED) is 0.360. The lowest BCUT2D eigenvalue weighted by Crippen LogP contribution is -2.57. The number of oxazole rings is 1. The first-order chi connectivity index (χ1) is 14.5. The van der Waals surface area contributed by atoms with Crippen molar-refractivity contribution in [3.8, 4) is 11.5 Å². The molecule has 0 unspecified atom stereocenters. The summed E-state index contributed by atoms with van der Waals surface area (Å²) in [6.45, 7) is 0.554. The van der Waals surface area contributed by atoms with Gasteiger partial charge in [-0.1, -0.05) is 0 Å². The number of nitrogens with zero attached hydrogens (tertiary/aromatic N) is 2. The molecule has 0 bridgehead atoms. The van der Waals surface area contributed by atoms with Gasteiger partial charge >= 0.3 is 0 Å². The molecule has 6 nitrogen and oxygen atoms in total. The van der Waals surface area contributed by atoms with Crippen molar-refractivity contribution in [1.82, 2.24) is 15.2 Å². The molecule has 3 aromatic rings. The van der Waals surface area contributed by atoms with Crippen LogP contribution in [-0.2, 0) is 4.79 Å². The number of hydrogen-bond acceptors (Lipinski definition) is 5. The molecule has 1 N–H and O–H groups in total. The number of aldehydes is 1. The smallest absolute Gasteiger partial charge is 0.255 e. The average Bonchev–Trinajstić information content (AvgIpc) is 3.40. The minimum atomic E-state index is -0.414. The van der Waals surface area contributed by atoms with Gasteiger partial charge in [0.25, 0.3) is 5.91 Å². The molecule has 1 amide bonds. The van der Waals surface area contributed by atoms with Gasteiger partial charge in [-0.15, -0.1) is 0 Å². The average molecular weight is 409 g/mol. The molecular formula is C23H24FN3O3. The highest BCUT2D eigenvalue weighted by molar-refractivity contribution is 5.95. The zero-order valence-corrected chi connectivity index (χ0v) is 16.9. The zero-order valence-electron chi connectivity index (χ0n) is 16.9. The highest BCUT2D eigenvalue weighted by atomic mass is 19.1. The summed E-state index contributed by atoms with van der Waals surface area (Å²) < 4.78 is 19.0. The zero-order chi connectivity index (χ0) is 21.1. The Morgan fingerprint density at radius 1 is 1.23 bits per heavy atom. The van der Waals surface area contributed by atoms with Crippen molar-refractivity contribution in [2.45, 2.75) is 37.8 Å². The summed E-state index contributed by atoms with van der Waals surface area (Å²) in [7, 11) is 1.81. The van der Waals surface area contributed by atoms with Crippen LogP contribution in [0.2, 0.25) is 0 Å². The number of halogens is 1. The maximum absolute atomic E-state index is 13.4. The van der Waals surface area contributed by atoms with Crippen LogP contribution in [0.1, 0.15) is 42.5 Å². The van der Waals surface area contributed by atoms with Crippen LogP contribution < -0.4 is 5.32 Å². The first-order valence-electron chi connectivity index (χ1n) is 10.2. The Kier molecular flexibility index (Phi) is 5.63. The molecule has 156 valence electrons. The summed E-state index contributed by atoms with van der Waals surface area (Å²) in [6, 6.07) is 11.3. The fraction of sp³-hybridized carbons (Fsp3) is 0.348. The van der Waals surface area contributed by atoms with Crippen LogP contribution in [-0.4, -0.2) is 41.3 Å². The fourth-order valence-electron chi connectivity index (χ4n) is 4.12. The summed E-state index contributed by atoms with van der Waals surface area (Å²) in [6.07, 6.45) is 5.13. The predicted molar refractivity (Wildman–Crippen MR) is 111 cm³/mol. The van der Waals surface area contributed by atoms with Gasteiger partial charge < -0.3 is 14.1 Å². The van der Waals surface area contributed by atoms with Crippen molar-refractivity contribution in [2.24, 2.45) is 0 Å². The monoisotopic (exact) mass is 409 g/mol. The molecular weight excluding hydrogens is 385 g/mol. The summed E-state index contributed by atoms with van der Waals surface area (Å²) in [5, 5.41) is 3.42. The fourth-order valence-corrected chi connectivity index (χ4v) is 4.12. The maximum Gasteiger partial charge on any atom is 0.255 e. The molecule has 1 aromatic heterocycles. The summed E-state index contributed by atoms with van der Waals surface area (Å²) >= 11 is 0. The molecule has 2 aromatic carbocycles. The van der Waals surface area contributed by atoms with Crippen LogP contribution >= 0.6 is 0 Å². The van der Waals surface area contributed by atoms with Gasteiger partial charge in [-0.25, -0.2) is 9.37 Å². The second kappa shape index (κ2) is 8.36. The highest BCUT2D eigenvalue weighted by Gasteiger charge is 2.39. The van der Waals surface area contributed by atoms with Gasteiger partial charge in [0.2, 0.25) is 5.89 Å². The number of fused-ring (bicyclic) bond motifs is 1. The topological polar surface area (TPSA) is 75.4 Å². The van der Waals surface area contributed by atoms with Crippen LogP contribution in [0.5, 0.6) is 0 Å². The molecule has 4 rings (SSSR count). The van der Waals surface area contributed by atoms with Crippen LogP contribution in [0.25, 0.3) is 22.6 Å². The number of nitrogens with one attached hydrogen (secondary N) is 1. The number of rotatable bonds is 7. The normalized spacial score (nSPS) is 15.4. The van der Waals surface area contributed by atoms with E-state index in [2.05, 4.69) is 10.3 Å². The lowest BCUT2D eigenvalue weighted by Gasteiger charge is -2.40. The van der Waals surface area contributed by atoms with Crippen molar-refractivity contribution in [2.75, 3.05) is 13.6 Å². The number of amides is 1. The lowest BCUT2D eigenvalue weighted by molar-refractivity contribution is -0.107. The number of carbonyl (C=O) groups is 2. The van der Waals surface area contributed by atoms with Gasteiger partial charge in [0.15, 0.2) is 5.58 Å². The molecule has 0 radical (unpaired) electrons. The Morgan fingerprint density at radius 2 is 1.97 bits per heavy atom. The number of aromatic nitrogens is 1. The van der Waals surface area contributed by atoms with E-state index in [0.29, 0.717) is 41.1 Å². The lowest BCUT2D eigenvalue weighted by atomic mass is 10.0. The van der Waals surface area contributed by atoms with E-state index >= 15 is 0 Å². The molecule has 0 saturated heterocycles. The number of hydrogen-bond donors (Lipinski definition) is 1. The predicted octanol–water partition coefficient (Wildman–Crippen LogP) is 4.15. The van der Waals surface area contributed by atoms with E-state index in [-0.39, 0.29) is 11.7 Å². The van der Waals surface area contributed by atoms with Gasteiger partial charge in [0.1, 0.15) is 17.6 Å². The van der Waals surface area contributed by atoms with E-state index in [1.165, 1.54) is 12.1 Å². The summed E-state index contributed by atoms with van der Waals surface area (Å²) in [4.78, 5) is 30.0. The van der Waals surface area contributed by atoms with E-state index in [1.807, 2.05) is 7.05 Å². The van der Waals surface area contributed by atoms with Crippen molar-refractivity contribution in [3.63, 3.8) is 0 Å². The van der Waals surface area contributed by atoms with Crippen LogP contribution in [0.15, 0.2) is 46.9 Å². The largest absolute Gasteiger partial charge is 0.436 e. The van der Waals surface area contributed by atoms with E-state index in [4.69, 9.17) is 4.42 Å². The molecule has 1 aliphatic rings.